The van der Waals surface area contributed by atoms with Crippen molar-refractivity contribution in [2.24, 2.45) is 0 Å². The molecule has 1 atom stereocenters. The van der Waals surface area contributed by atoms with Gasteiger partial charge in [-0.1, -0.05) is 42.5 Å². The van der Waals surface area contributed by atoms with Crippen LogP contribution in [0.15, 0.2) is 60.2 Å². The number of carbonyl (C=O) groups is 2. The van der Waals surface area contributed by atoms with E-state index in [1.165, 1.54) is 17.0 Å². The lowest BCUT2D eigenvalue weighted by Gasteiger charge is -2.25. The van der Waals surface area contributed by atoms with Gasteiger partial charge in [0.25, 0.3) is 11.7 Å². The maximum absolute atomic E-state index is 12.7. The summed E-state index contributed by atoms with van der Waals surface area (Å²) in [6.45, 7) is 0.763. The molecule has 1 saturated heterocycles. The van der Waals surface area contributed by atoms with E-state index >= 15 is 0 Å². The van der Waals surface area contributed by atoms with Gasteiger partial charge >= 0.3 is 0 Å². The highest BCUT2D eigenvalue weighted by Crippen LogP contribution is 2.39. The Balaban J connectivity index is 2.10. The number of likely N-dealkylation sites (tertiary alicyclic amines) is 1. The summed E-state index contributed by atoms with van der Waals surface area (Å²) in [6, 6.07) is 14.2. The Labute approximate surface area is 157 Å². The van der Waals surface area contributed by atoms with Gasteiger partial charge in [-0.3, -0.25) is 9.59 Å². The summed E-state index contributed by atoms with van der Waals surface area (Å²) in [4.78, 5) is 26.8. The van der Waals surface area contributed by atoms with E-state index in [-0.39, 0.29) is 17.1 Å². The molecule has 2 N–H and O–H groups in total. The SMILES string of the molecule is COCCCN1C(=O)C(=O)C(=C(O)c2ccccc2)[C@@H]1c1ccc(O)cc1. The number of phenolic OH excluding ortho intramolecular Hbond substituents is 1. The minimum absolute atomic E-state index is 0.0503. The molecule has 1 heterocycles. The number of methoxy groups -OCH3 is 1. The number of Topliss-reactive ketones (excluding diaryl/α,β-unsaturated/α-hetero) is 1. The maximum atomic E-state index is 12.7. The third-order valence-electron chi connectivity index (χ3n) is 4.54. The number of aliphatic hydroxyl groups is 1. The number of rotatable bonds is 6. The number of hydrogen-bond donors (Lipinski definition) is 2. The minimum Gasteiger partial charge on any atom is -0.508 e. The van der Waals surface area contributed by atoms with E-state index in [1.54, 1.807) is 49.6 Å². The van der Waals surface area contributed by atoms with E-state index < -0.39 is 17.7 Å². The second-order valence-corrected chi connectivity index (χ2v) is 6.30. The van der Waals surface area contributed by atoms with Gasteiger partial charge in [0.15, 0.2) is 0 Å². The molecule has 0 spiro atoms. The van der Waals surface area contributed by atoms with Gasteiger partial charge in [-0.25, -0.2) is 0 Å². The monoisotopic (exact) mass is 367 g/mol. The lowest BCUT2D eigenvalue weighted by molar-refractivity contribution is -0.140. The highest BCUT2D eigenvalue weighted by atomic mass is 16.5. The van der Waals surface area contributed by atoms with Crippen molar-refractivity contribution in [3.05, 3.63) is 71.3 Å². The van der Waals surface area contributed by atoms with Crippen LogP contribution < -0.4 is 0 Å². The lowest BCUT2D eigenvalue weighted by atomic mass is 9.95. The molecule has 0 aliphatic carbocycles. The van der Waals surface area contributed by atoms with Gasteiger partial charge in [-0.05, 0) is 24.1 Å². The van der Waals surface area contributed by atoms with Crippen LogP contribution in [0.5, 0.6) is 5.75 Å². The van der Waals surface area contributed by atoms with E-state index in [4.69, 9.17) is 4.74 Å². The summed E-state index contributed by atoms with van der Waals surface area (Å²) in [7, 11) is 1.57. The number of hydrogen-bond acceptors (Lipinski definition) is 5. The number of amides is 1. The predicted octanol–water partition coefficient (Wildman–Crippen LogP) is 2.85. The van der Waals surface area contributed by atoms with E-state index in [1.807, 2.05) is 0 Å². The van der Waals surface area contributed by atoms with Crippen molar-refractivity contribution in [2.45, 2.75) is 12.5 Å². The first kappa shape index (κ1) is 18.7. The first-order valence-corrected chi connectivity index (χ1v) is 8.66. The van der Waals surface area contributed by atoms with Crippen molar-refractivity contribution < 1.29 is 24.5 Å². The third-order valence-corrected chi connectivity index (χ3v) is 4.54. The van der Waals surface area contributed by atoms with Crippen LogP contribution in [0.4, 0.5) is 0 Å². The van der Waals surface area contributed by atoms with Crippen LogP contribution in [-0.4, -0.2) is 47.1 Å². The molecule has 0 aromatic heterocycles. The van der Waals surface area contributed by atoms with Crippen molar-refractivity contribution >= 4 is 17.4 Å². The van der Waals surface area contributed by atoms with Gasteiger partial charge < -0.3 is 19.8 Å². The molecule has 0 radical (unpaired) electrons. The molecule has 1 fully saturated rings. The molecule has 1 aliphatic heterocycles. The Kier molecular flexibility index (Phi) is 5.57. The number of aliphatic hydroxyl groups excluding tert-OH is 1. The fraction of sp³-hybridized carbons (Fsp3) is 0.238. The zero-order chi connectivity index (χ0) is 19.4. The number of ketones is 1. The first-order valence-electron chi connectivity index (χ1n) is 8.66. The molecular formula is C21H21NO5. The minimum atomic E-state index is -0.720. The summed E-state index contributed by atoms with van der Waals surface area (Å²) < 4.78 is 5.05. The van der Waals surface area contributed by atoms with Crippen molar-refractivity contribution in [3.8, 4) is 5.75 Å². The second kappa shape index (κ2) is 8.05. The number of phenols is 1. The summed E-state index contributed by atoms with van der Waals surface area (Å²) in [5.41, 5.74) is 1.16. The Bertz CT molecular complexity index is 858. The summed E-state index contributed by atoms with van der Waals surface area (Å²) in [5, 5.41) is 20.4. The average Bonchev–Trinajstić information content (AvgIpc) is 2.94. The van der Waals surface area contributed by atoms with Crippen LogP contribution in [0, 0.1) is 0 Å². The fourth-order valence-electron chi connectivity index (χ4n) is 3.24. The first-order chi connectivity index (χ1) is 13.0. The molecular weight excluding hydrogens is 346 g/mol. The van der Waals surface area contributed by atoms with E-state index in [0.29, 0.717) is 30.7 Å². The fourth-order valence-corrected chi connectivity index (χ4v) is 3.24. The van der Waals surface area contributed by atoms with Gasteiger partial charge in [0.2, 0.25) is 0 Å². The van der Waals surface area contributed by atoms with Gasteiger partial charge in [0.1, 0.15) is 11.5 Å². The molecule has 140 valence electrons. The lowest BCUT2D eigenvalue weighted by Crippen LogP contribution is -2.31. The third kappa shape index (κ3) is 3.71. The van der Waals surface area contributed by atoms with Crippen molar-refractivity contribution in [1.29, 1.82) is 0 Å². The topological polar surface area (TPSA) is 87.1 Å². The standard InChI is InChI=1S/C21H21NO5/c1-27-13-5-12-22-18(14-8-10-16(23)11-9-14)17(20(25)21(22)26)19(24)15-6-3-2-4-7-15/h2-4,6-11,18,23-24H,5,12-13H2,1H3/t18-/m0/s1. The predicted molar refractivity (Wildman–Crippen MR) is 100 cm³/mol. The number of benzene rings is 2. The zero-order valence-electron chi connectivity index (χ0n) is 15.0. The van der Waals surface area contributed by atoms with Crippen molar-refractivity contribution in [1.82, 2.24) is 4.90 Å². The second-order valence-electron chi connectivity index (χ2n) is 6.30. The van der Waals surface area contributed by atoms with Crippen molar-refractivity contribution in [3.63, 3.8) is 0 Å². The van der Waals surface area contributed by atoms with Gasteiger partial charge in [0.05, 0.1) is 11.6 Å². The molecule has 0 bridgehead atoms. The summed E-state index contributed by atoms with van der Waals surface area (Å²) in [5.74, 6) is -1.49. The Morgan fingerprint density at radius 1 is 1.07 bits per heavy atom. The van der Waals surface area contributed by atoms with Gasteiger partial charge in [0, 0.05) is 25.8 Å². The van der Waals surface area contributed by atoms with E-state index in [2.05, 4.69) is 0 Å². The zero-order valence-corrected chi connectivity index (χ0v) is 15.0. The van der Waals surface area contributed by atoms with Gasteiger partial charge in [-0.15, -0.1) is 0 Å². The van der Waals surface area contributed by atoms with Crippen LogP contribution in [-0.2, 0) is 14.3 Å². The number of ether oxygens (including phenoxy) is 1. The van der Waals surface area contributed by atoms with Crippen molar-refractivity contribution in [2.75, 3.05) is 20.3 Å². The molecule has 27 heavy (non-hydrogen) atoms. The number of carbonyl (C=O) groups excluding carboxylic acids is 2. The Morgan fingerprint density at radius 3 is 2.37 bits per heavy atom. The molecule has 2 aromatic rings. The van der Waals surface area contributed by atoms with Crippen LogP contribution in [0.25, 0.3) is 5.76 Å². The molecule has 6 heteroatoms. The summed E-state index contributed by atoms with van der Waals surface area (Å²) in [6.07, 6.45) is 0.559. The van der Waals surface area contributed by atoms with Crippen LogP contribution >= 0.6 is 0 Å². The maximum Gasteiger partial charge on any atom is 0.295 e. The average molecular weight is 367 g/mol. The highest BCUT2D eigenvalue weighted by Gasteiger charge is 2.45. The molecule has 1 amide bonds. The largest absolute Gasteiger partial charge is 0.508 e. The summed E-state index contributed by atoms with van der Waals surface area (Å²) >= 11 is 0. The molecule has 0 unspecified atom stereocenters. The highest BCUT2D eigenvalue weighted by molar-refractivity contribution is 6.46. The van der Waals surface area contributed by atoms with Crippen LogP contribution in [0.3, 0.4) is 0 Å². The molecule has 2 aromatic carbocycles. The van der Waals surface area contributed by atoms with Crippen LogP contribution in [0.1, 0.15) is 23.6 Å². The smallest absolute Gasteiger partial charge is 0.295 e. The van der Waals surface area contributed by atoms with Gasteiger partial charge in [-0.2, -0.15) is 0 Å². The quantitative estimate of drug-likeness (QED) is 0.355. The van der Waals surface area contributed by atoms with E-state index in [0.717, 1.165) is 0 Å². The Morgan fingerprint density at radius 2 is 1.74 bits per heavy atom. The molecule has 0 saturated carbocycles. The molecule has 1 aliphatic rings. The molecule has 6 nitrogen and oxygen atoms in total. The number of aromatic hydroxyl groups is 1. The molecule has 3 rings (SSSR count). The Hall–Kier alpha value is -3.12. The van der Waals surface area contributed by atoms with Crippen LogP contribution in [0.2, 0.25) is 0 Å². The number of nitrogens with zero attached hydrogens (tertiary/aromatic N) is 1. The normalized spacial score (nSPS) is 18.9. The van der Waals surface area contributed by atoms with E-state index in [9.17, 15) is 19.8 Å².